The van der Waals surface area contributed by atoms with Crippen LogP contribution in [-0.2, 0) is 0 Å². The Hall–Kier alpha value is -2.16. The quantitative estimate of drug-likeness (QED) is 0.793. The zero-order valence-corrected chi connectivity index (χ0v) is 11.9. The third-order valence-corrected chi connectivity index (χ3v) is 3.04. The number of aromatic nitrogens is 3. The molecule has 0 aliphatic carbocycles. The fraction of sp³-hybridized carbons (Fsp3) is 0.250. The molecule has 0 amide bonds. The Morgan fingerprint density at radius 3 is 2.76 bits per heavy atom. The number of rotatable bonds is 6. The Morgan fingerprint density at radius 2 is 2.05 bits per heavy atom. The number of hydrogen-bond donors (Lipinski definition) is 2. The van der Waals surface area contributed by atoms with E-state index in [9.17, 15) is 8.78 Å². The molecular weight excluding hydrogens is 300 g/mol. The maximum absolute atomic E-state index is 12.5. The Balaban J connectivity index is 2.25. The Morgan fingerprint density at radius 1 is 1.29 bits per heavy atom. The minimum atomic E-state index is -2.52. The number of thioether (sulfide) groups is 1. The number of anilines is 3. The first-order chi connectivity index (χ1) is 10.1. The minimum absolute atomic E-state index is 0.0186. The number of benzene rings is 1. The largest absolute Gasteiger partial charge is 0.464 e. The van der Waals surface area contributed by atoms with Crippen LogP contribution in [0.1, 0.15) is 6.92 Å². The Labute approximate surface area is 124 Å². The second kappa shape index (κ2) is 7.02. The lowest BCUT2D eigenvalue weighted by Gasteiger charge is -2.11. The lowest BCUT2D eigenvalue weighted by atomic mass is 10.3. The highest BCUT2D eigenvalue weighted by atomic mass is 32.2. The predicted octanol–water partition coefficient (Wildman–Crippen LogP) is 2.91. The van der Waals surface area contributed by atoms with Crippen LogP contribution in [-0.4, -0.2) is 27.3 Å². The second-order valence-electron chi connectivity index (χ2n) is 3.73. The molecule has 1 aromatic heterocycles. The molecule has 0 bridgehead atoms. The van der Waals surface area contributed by atoms with Crippen molar-refractivity contribution < 1.29 is 13.5 Å². The molecule has 0 fully saturated rings. The van der Waals surface area contributed by atoms with Crippen LogP contribution in [0.3, 0.4) is 0 Å². The van der Waals surface area contributed by atoms with Gasteiger partial charge in [-0.05, 0) is 19.1 Å². The summed E-state index contributed by atoms with van der Waals surface area (Å²) < 4.78 is 30.2. The number of nitrogen functional groups attached to an aromatic ring is 1. The van der Waals surface area contributed by atoms with Gasteiger partial charge in [0, 0.05) is 4.90 Å². The molecule has 0 atom stereocenters. The molecule has 0 unspecified atom stereocenters. The zero-order valence-electron chi connectivity index (χ0n) is 11.1. The fourth-order valence-corrected chi connectivity index (χ4v) is 2.11. The third-order valence-electron chi connectivity index (χ3n) is 2.26. The molecule has 6 nitrogen and oxygen atoms in total. The average Bonchev–Trinajstić information content (AvgIpc) is 2.40. The second-order valence-corrected chi connectivity index (χ2v) is 4.76. The summed E-state index contributed by atoms with van der Waals surface area (Å²) in [5.74, 6) is -2.40. The molecule has 0 saturated carbocycles. The maximum atomic E-state index is 12.5. The Kier molecular flexibility index (Phi) is 5.09. The van der Waals surface area contributed by atoms with Crippen LogP contribution >= 0.6 is 11.8 Å². The topological polar surface area (TPSA) is 86.0 Å². The summed E-state index contributed by atoms with van der Waals surface area (Å²) in [5, 5.41) is 2.84. The molecule has 0 saturated heterocycles. The van der Waals surface area contributed by atoms with E-state index < -0.39 is 5.76 Å². The summed E-state index contributed by atoms with van der Waals surface area (Å²) in [6.45, 7) is 2.16. The van der Waals surface area contributed by atoms with Crippen molar-refractivity contribution in [3.05, 3.63) is 24.3 Å². The van der Waals surface area contributed by atoms with Crippen molar-refractivity contribution in [2.45, 2.75) is 17.6 Å². The molecule has 3 N–H and O–H groups in total. The summed E-state index contributed by atoms with van der Waals surface area (Å²) in [7, 11) is 0. The molecular formula is C12H13F2N5OS. The number of para-hydroxylation sites is 1. The summed E-state index contributed by atoms with van der Waals surface area (Å²) in [4.78, 5) is 12.1. The van der Waals surface area contributed by atoms with Crippen LogP contribution in [0.4, 0.5) is 26.4 Å². The van der Waals surface area contributed by atoms with E-state index in [0.29, 0.717) is 29.0 Å². The summed E-state index contributed by atoms with van der Waals surface area (Å²) in [6, 6.07) is 6.68. The van der Waals surface area contributed by atoms with Crippen molar-refractivity contribution in [1.29, 1.82) is 0 Å². The van der Waals surface area contributed by atoms with Crippen molar-refractivity contribution >= 4 is 29.3 Å². The number of nitrogens with zero attached hydrogens (tertiary/aromatic N) is 3. The van der Waals surface area contributed by atoms with Gasteiger partial charge in [-0.15, -0.1) is 0 Å². The van der Waals surface area contributed by atoms with Crippen LogP contribution in [0.5, 0.6) is 6.01 Å². The van der Waals surface area contributed by atoms with E-state index in [1.807, 2.05) is 0 Å². The SMILES string of the molecule is CCOc1nc(N)nc(Nc2ccccc2SC(F)F)n1. The molecule has 21 heavy (non-hydrogen) atoms. The maximum Gasteiger partial charge on any atom is 0.323 e. The van der Waals surface area contributed by atoms with Gasteiger partial charge in [-0.25, -0.2) is 0 Å². The highest BCUT2D eigenvalue weighted by molar-refractivity contribution is 7.99. The number of nitrogens with one attached hydrogen (secondary N) is 1. The van der Waals surface area contributed by atoms with Gasteiger partial charge in [-0.2, -0.15) is 23.7 Å². The van der Waals surface area contributed by atoms with Gasteiger partial charge in [-0.1, -0.05) is 23.9 Å². The van der Waals surface area contributed by atoms with Crippen LogP contribution in [0.15, 0.2) is 29.2 Å². The van der Waals surface area contributed by atoms with E-state index in [4.69, 9.17) is 10.5 Å². The number of alkyl halides is 2. The first-order valence-electron chi connectivity index (χ1n) is 6.03. The molecule has 9 heteroatoms. The van der Waals surface area contributed by atoms with Crippen LogP contribution in [0.2, 0.25) is 0 Å². The van der Waals surface area contributed by atoms with Crippen LogP contribution in [0.25, 0.3) is 0 Å². The standard InChI is InChI=1S/C12H13F2N5OS/c1-2-20-12-18-10(15)17-11(19-12)16-7-5-3-4-6-8(7)21-9(13)14/h3-6,9H,2H2,1H3,(H3,15,16,17,18,19). The number of nitrogens with two attached hydrogens (primary N) is 1. The highest BCUT2D eigenvalue weighted by Crippen LogP contribution is 2.32. The first-order valence-corrected chi connectivity index (χ1v) is 6.91. The highest BCUT2D eigenvalue weighted by Gasteiger charge is 2.12. The van der Waals surface area contributed by atoms with E-state index >= 15 is 0 Å². The third kappa shape index (κ3) is 4.42. The zero-order chi connectivity index (χ0) is 15.2. The number of hydrogen-bond acceptors (Lipinski definition) is 7. The van der Waals surface area contributed by atoms with Gasteiger partial charge >= 0.3 is 6.01 Å². The van der Waals surface area contributed by atoms with Crippen molar-refractivity contribution in [3.63, 3.8) is 0 Å². The van der Waals surface area contributed by atoms with Crippen molar-refractivity contribution in [2.24, 2.45) is 0 Å². The van der Waals surface area contributed by atoms with Crippen molar-refractivity contribution in [3.8, 4) is 6.01 Å². The van der Waals surface area contributed by atoms with Gasteiger partial charge in [-0.3, -0.25) is 0 Å². The van der Waals surface area contributed by atoms with Gasteiger partial charge in [0.2, 0.25) is 11.9 Å². The molecule has 0 aliphatic heterocycles. The number of halogens is 2. The fourth-order valence-electron chi connectivity index (χ4n) is 1.51. The summed E-state index contributed by atoms with van der Waals surface area (Å²) in [5.41, 5.74) is 6.01. The first kappa shape index (κ1) is 15.2. The molecule has 1 heterocycles. The van der Waals surface area contributed by atoms with E-state index in [1.54, 1.807) is 31.2 Å². The molecule has 2 aromatic rings. The van der Waals surface area contributed by atoms with E-state index in [2.05, 4.69) is 20.3 Å². The normalized spacial score (nSPS) is 10.7. The van der Waals surface area contributed by atoms with Crippen LogP contribution < -0.4 is 15.8 Å². The van der Waals surface area contributed by atoms with E-state index in [-0.39, 0.29) is 17.9 Å². The predicted molar refractivity (Wildman–Crippen MR) is 77.0 cm³/mol. The summed E-state index contributed by atoms with van der Waals surface area (Å²) >= 11 is 0.433. The molecule has 0 aliphatic rings. The molecule has 112 valence electrons. The Bertz CT molecular complexity index is 614. The van der Waals surface area contributed by atoms with Gasteiger partial charge in [0.25, 0.3) is 5.76 Å². The van der Waals surface area contributed by atoms with E-state index in [1.165, 1.54) is 0 Å². The lowest BCUT2D eigenvalue weighted by molar-refractivity contribution is 0.252. The summed E-state index contributed by atoms with van der Waals surface area (Å²) in [6.07, 6.45) is 0. The number of ether oxygens (including phenoxy) is 1. The molecule has 2 rings (SSSR count). The monoisotopic (exact) mass is 313 g/mol. The molecule has 1 aromatic carbocycles. The average molecular weight is 313 g/mol. The van der Waals surface area contributed by atoms with Gasteiger partial charge in [0.05, 0.1) is 12.3 Å². The molecule has 0 radical (unpaired) electrons. The smallest absolute Gasteiger partial charge is 0.323 e. The lowest BCUT2D eigenvalue weighted by Crippen LogP contribution is -2.07. The van der Waals surface area contributed by atoms with Crippen LogP contribution in [0, 0.1) is 0 Å². The van der Waals surface area contributed by atoms with Gasteiger partial charge in [0.1, 0.15) is 0 Å². The molecule has 0 spiro atoms. The van der Waals surface area contributed by atoms with Gasteiger partial charge < -0.3 is 15.8 Å². The van der Waals surface area contributed by atoms with Crippen molar-refractivity contribution in [1.82, 2.24) is 15.0 Å². The van der Waals surface area contributed by atoms with Gasteiger partial charge in [0.15, 0.2) is 0 Å². The van der Waals surface area contributed by atoms with Crippen molar-refractivity contribution in [2.75, 3.05) is 17.7 Å². The minimum Gasteiger partial charge on any atom is -0.464 e. The van der Waals surface area contributed by atoms with E-state index in [0.717, 1.165) is 0 Å².